The van der Waals surface area contributed by atoms with Crippen molar-refractivity contribution < 1.29 is 23.1 Å². The summed E-state index contributed by atoms with van der Waals surface area (Å²) >= 11 is 0. The standard InChI is InChI=1S/C12H20N2O5S/c15-10(16)12(4-1-2-5-12)8-13-11(17)14-9-3-6-20(18,19)7-9/h9H,1-8H2,(H,15,16)(H2,13,14,17). The SMILES string of the molecule is O=C(NCC1(C(=O)O)CCCC1)NC1CCS(=O)(=O)C1. The Balaban J connectivity index is 1.82. The molecule has 20 heavy (non-hydrogen) atoms. The summed E-state index contributed by atoms with van der Waals surface area (Å²) in [5, 5.41) is 14.4. The summed E-state index contributed by atoms with van der Waals surface area (Å²) in [5.41, 5.74) is -0.862. The molecule has 1 aliphatic heterocycles. The van der Waals surface area contributed by atoms with E-state index in [2.05, 4.69) is 10.6 Å². The van der Waals surface area contributed by atoms with Gasteiger partial charge in [-0.2, -0.15) is 0 Å². The Labute approximate surface area is 118 Å². The van der Waals surface area contributed by atoms with Crippen molar-refractivity contribution in [2.45, 2.75) is 38.1 Å². The molecule has 0 aromatic carbocycles. The molecule has 0 bridgehead atoms. The van der Waals surface area contributed by atoms with Gasteiger partial charge in [0.25, 0.3) is 0 Å². The molecule has 1 aliphatic carbocycles. The number of carbonyl (C=O) groups is 2. The van der Waals surface area contributed by atoms with Gasteiger partial charge in [0.1, 0.15) is 0 Å². The first-order valence-corrected chi connectivity index (χ1v) is 8.63. The van der Waals surface area contributed by atoms with Gasteiger partial charge in [-0.25, -0.2) is 13.2 Å². The predicted molar refractivity (Wildman–Crippen MR) is 72.1 cm³/mol. The average molecular weight is 304 g/mol. The molecule has 114 valence electrons. The van der Waals surface area contributed by atoms with Gasteiger partial charge in [-0.05, 0) is 19.3 Å². The predicted octanol–water partition coefficient (Wildman–Crippen LogP) is 0.118. The number of hydrogen-bond acceptors (Lipinski definition) is 4. The van der Waals surface area contributed by atoms with Crippen LogP contribution in [0.15, 0.2) is 0 Å². The lowest BCUT2D eigenvalue weighted by atomic mass is 9.86. The van der Waals surface area contributed by atoms with Gasteiger partial charge < -0.3 is 15.7 Å². The fourth-order valence-corrected chi connectivity index (χ4v) is 4.59. The van der Waals surface area contributed by atoms with Crippen molar-refractivity contribution in [3.63, 3.8) is 0 Å². The second-order valence-electron chi connectivity index (χ2n) is 5.72. The molecule has 8 heteroatoms. The zero-order valence-corrected chi connectivity index (χ0v) is 12.0. The second kappa shape index (κ2) is 5.59. The Morgan fingerprint density at radius 2 is 1.90 bits per heavy atom. The molecule has 1 atom stereocenters. The van der Waals surface area contributed by atoms with Crippen LogP contribution in [-0.4, -0.2) is 49.6 Å². The zero-order valence-electron chi connectivity index (χ0n) is 11.2. The lowest BCUT2D eigenvalue weighted by molar-refractivity contribution is -0.148. The number of nitrogens with one attached hydrogen (secondary N) is 2. The number of carboxylic acids is 1. The van der Waals surface area contributed by atoms with E-state index in [1.807, 2.05) is 0 Å². The normalized spacial score (nSPS) is 27.1. The Morgan fingerprint density at radius 3 is 2.40 bits per heavy atom. The van der Waals surface area contributed by atoms with Gasteiger partial charge in [0.2, 0.25) is 0 Å². The van der Waals surface area contributed by atoms with E-state index in [1.165, 1.54) is 0 Å². The molecule has 3 N–H and O–H groups in total. The summed E-state index contributed by atoms with van der Waals surface area (Å²) in [6.07, 6.45) is 3.27. The highest BCUT2D eigenvalue weighted by atomic mass is 32.2. The molecule has 1 saturated carbocycles. The van der Waals surface area contributed by atoms with Crippen LogP contribution < -0.4 is 10.6 Å². The molecule has 0 aromatic heterocycles. The van der Waals surface area contributed by atoms with Crippen LogP contribution in [-0.2, 0) is 14.6 Å². The van der Waals surface area contributed by atoms with Crippen LogP contribution in [0.4, 0.5) is 4.79 Å². The van der Waals surface area contributed by atoms with E-state index in [9.17, 15) is 23.1 Å². The molecule has 2 fully saturated rings. The van der Waals surface area contributed by atoms with Crippen LogP contribution in [0.1, 0.15) is 32.1 Å². The maximum Gasteiger partial charge on any atom is 0.315 e. The van der Waals surface area contributed by atoms with E-state index in [1.54, 1.807) is 0 Å². The van der Waals surface area contributed by atoms with Crippen molar-refractivity contribution in [2.75, 3.05) is 18.1 Å². The van der Waals surface area contributed by atoms with E-state index < -0.39 is 27.3 Å². The van der Waals surface area contributed by atoms with E-state index in [0.717, 1.165) is 12.8 Å². The Hall–Kier alpha value is -1.31. The van der Waals surface area contributed by atoms with E-state index in [-0.39, 0.29) is 24.1 Å². The molecule has 0 aromatic rings. The van der Waals surface area contributed by atoms with Crippen LogP contribution in [0.2, 0.25) is 0 Å². The van der Waals surface area contributed by atoms with Crippen LogP contribution in [0.3, 0.4) is 0 Å². The molecule has 7 nitrogen and oxygen atoms in total. The molecule has 1 heterocycles. The quantitative estimate of drug-likeness (QED) is 0.683. The van der Waals surface area contributed by atoms with Gasteiger partial charge in [0, 0.05) is 12.6 Å². The van der Waals surface area contributed by atoms with Gasteiger partial charge in [0.05, 0.1) is 16.9 Å². The maximum absolute atomic E-state index is 11.7. The lowest BCUT2D eigenvalue weighted by Gasteiger charge is -2.24. The number of rotatable bonds is 4. The maximum atomic E-state index is 11.7. The summed E-state index contributed by atoms with van der Waals surface area (Å²) in [6.45, 7) is 0.0909. The van der Waals surface area contributed by atoms with Gasteiger partial charge in [-0.15, -0.1) is 0 Å². The highest BCUT2D eigenvalue weighted by molar-refractivity contribution is 7.91. The molecule has 0 spiro atoms. The first-order valence-electron chi connectivity index (χ1n) is 6.81. The zero-order chi connectivity index (χ0) is 14.8. The topological polar surface area (TPSA) is 113 Å². The molecular weight excluding hydrogens is 284 g/mol. The highest BCUT2D eigenvalue weighted by Crippen LogP contribution is 2.37. The summed E-state index contributed by atoms with van der Waals surface area (Å²) in [5.74, 6) is -0.819. The Kier molecular flexibility index (Phi) is 4.22. The molecule has 1 unspecified atom stereocenters. The lowest BCUT2D eigenvalue weighted by Crippen LogP contribution is -2.48. The van der Waals surface area contributed by atoms with Gasteiger partial charge >= 0.3 is 12.0 Å². The smallest absolute Gasteiger partial charge is 0.315 e. The Morgan fingerprint density at radius 1 is 1.25 bits per heavy atom. The molecule has 0 radical (unpaired) electrons. The summed E-state index contributed by atoms with van der Waals surface area (Å²) in [7, 11) is -3.03. The molecule has 1 saturated heterocycles. The highest BCUT2D eigenvalue weighted by Gasteiger charge is 2.41. The molecular formula is C12H20N2O5S. The molecule has 2 aliphatic rings. The van der Waals surface area contributed by atoms with Gasteiger partial charge in [0.15, 0.2) is 9.84 Å². The van der Waals surface area contributed by atoms with Crippen molar-refractivity contribution in [2.24, 2.45) is 5.41 Å². The Bertz CT molecular complexity index is 496. The number of aliphatic carboxylic acids is 1. The number of carboxylic acid groups (broad SMARTS) is 1. The van der Waals surface area contributed by atoms with Crippen molar-refractivity contribution in [1.29, 1.82) is 0 Å². The second-order valence-corrected chi connectivity index (χ2v) is 7.95. The van der Waals surface area contributed by atoms with Crippen molar-refractivity contribution >= 4 is 21.8 Å². The largest absolute Gasteiger partial charge is 0.481 e. The average Bonchev–Trinajstić information content (AvgIpc) is 2.94. The minimum absolute atomic E-state index is 0.0372. The third kappa shape index (κ3) is 3.41. The van der Waals surface area contributed by atoms with E-state index in [4.69, 9.17) is 0 Å². The third-order valence-electron chi connectivity index (χ3n) is 4.17. The fourth-order valence-electron chi connectivity index (χ4n) is 2.91. The number of hydrogen-bond donors (Lipinski definition) is 3. The van der Waals surface area contributed by atoms with Crippen molar-refractivity contribution in [3.05, 3.63) is 0 Å². The summed E-state index contributed by atoms with van der Waals surface area (Å²) < 4.78 is 22.6. The van der Waals surface area contributed by atoms with E-state index in [0.29, 0.717) is 19.3 Å². The van der Waals surface area contributed by atoms with Crippen LogP contribution >= 0.6 is 0 Å². The van der Waals surface area contributed by atoms with Crippen molar-refractivity contribution in [3.8, 4) is 0 Å². The van der Waals surface area contributed by atoms with Crippen LogP contribution in [0.25, 0.3) is 0 Å². The van der Waals surface area contributed by atoms with Crippen LogP contribution in [0, 0.1) is 5.41 Å². The fraction of sp³-hybridized carbons (Fsp3) is 0.833. The number of amides is 2. The minimum atomic E-state index is -3.03. The molecule has 2 rings (SSSR count). The number of sulfone groups is 1. The third-order valence-corrected chi connectivity index (χ3v) is 5.94. The molecule has 2 amide bonds. The number of urea groups is 1. The van der Waals surface area contributed by atoms with Gasteiger partial charge in [-0.1, -0.05) is 12.8 Å². The first-order chi connectivity index (χ1) is 9.33. The van der Waals surface area contributed by atoms with E-state index >= 15 is 0 Å². The van der Waals surface area contributed by atoms with Crippen molar-refractivity contribution in [1.82, 2.24) is 10.6 Å². The van der Waals surface area contributed by atoms with Gasteiger partial charge in [-0.3, -0.25) is 4.79 Å². The summed E-state index contributed by atoms with van der Waals surface area (Å²) in [6, 6.07) is -0.857. The first kappa shape index (κ1) is 15.1. The monoisotopic (exact) mass is 304 g/mol. The van der Waals surface area contributed by atoms with Crippen LogP contribution in [0.5, 0.6) is 0 Å². The minimum Gasteiger partial charge on any atom is -0.481 e. The number of carbonyl (C=O) groups excluding carboxylic acids is 1. The summed E-state index contributed by atoms with van der Waals surface area (Å²) in [4.78, 5) is 23.0.